The van der Waals surface area contributed by atoms with Crippen LogP contribution in [-0.2, 0) is 9.53 Å². The predicted molar refractivity (Wildman–Crippen MR) is 156 cm³/mol. The lowest BCUT2D eigenvalue weighted by Crippen LogP contribution is -2.56. The molecule has 39 heavy (non-hydrogen) atoms. The maximum Gasteiger partial charge on any atom is 0.303 e. The van der Waals surface area contributed by atoms with Gasteiger partial charge in [-0.05, 0) is 54.2 Å². The van der Waals surface area contributed by atoms with Gasteiger partial charge in [-0.25, -0.2) is 0 Å². The maximum atomic E-state index is 11.9. The lowest BCUT2D eigenvalue weighted by atomic mass is 9.57. The number of hydrogen-bond acceptors (Lipinski definition) is 5. The molecule has 3 aliphatic rings. The minimum Gasteiger partial charge on any atom is -0.458 e. The lowest BCUT2D eigenvalue weighted by Gasteiger charge is -2.53. The predicted octanol–water partition coefficient (Wildman–Crippen LogP) is 5.70. The highest BCUT2D eigenvalue weighted by Crippen LogP contribution is 2.51. The summed E-state index contributed by atoms with van der Waals surface area (Å²) in [6.45, 7) is 13.3. The molecule has 2 aromatic rings. The van der Waals surface area contributed by atoms with Crippen LogP contribution in [0.15, 0.2) is 72.3 Å². The SMILES string of the molecule is CC(=O)O[C@@H]1C[C@@]2(O)[C@H](C)CC[C@@H](C(C)CN3CCN(C(c4ccccc4)c4ccccc4)CC3)[C@H]2C=C1C. The largest absolute Gasteiger partial charge is 0.458 e. The second-order valence-corrected chi connectivity index (χ2v) is 12.4. The molecule has 5 nitrogen and oxygen atoms in total. The zero-order chi connectivity index (χ0) is 27.6. The smallest absolute Gasteiger partial charge is 0.303 e. The number of rotatable bonds is 7. The molecule has 1 saturated carbocycles. The molecule has 5 heteroatoms. The fourth-order valence-corrected chi connectivity index (χ4v) is 7.63. The van der Waals surface area contributed by atoms with Crippen LogP contribution >= 0.6 is 0 Å². The summed E-state index contributed by atoms with van der Waals surface area (Å²) in [5.41, 5.74) is 2.99. The standard InChI is InChI=1S/C34H46N2O3/c1-24-21-31-30(16-15-26(3)34(31,38)22-32(24)39-27(4)37)25(2)23-35-17-19-36(20-18-35)33(28-11-7-5-8-12-28)29-13-9-6-10-14-29/h5-14,21,25-26,30-33,38H,15-20,22-23H2,1-4H3/t25?,26-,30+,31-,32-,34-/m1/s1. The zero-order valence-electron chi connectivity index (χ0n) is 24.1. The van der Waals surface area contributed by atoms with Crippen molar-refractivity contribution in [2.75, 3.05) is 32.7 Å². The van der Waals surface area contributed by atoms with Crippen LogP contribution in [0.25, 0.3) is 0 Å². The van der Waals surface area contributed by atoms with Gasteiger partial charge in [0.1, 0.15) is 6.10 Å². The van der Waals surface area contributed by atoms with E-state index in [4.69, 9.17) is 4.74 Å². The highest BCUT2D eigenvalue weighted by molar-refractivity contribution is 5.66. The summed E-state index contributed by atoms with van der Waals surface area (Å²) in [5, 5.41) is 11.9. The highest BCUT2D eigenvalue weighted by atomic mass is 16.5. The van der Waals surface area contributed by atoms with E-state index in [0.717, 1.165) is 51.1 Å². The van der Waals surface area contributed by atoms with E-state index < -0.39 is 5.60 Å². The molecule has 210 valence electrons. The van der Waals surface area contributed by atoms with Crippen LogP contribution in [0.1, 0.15) is 64.1 Å². The normalized spacial score (nSPS) is 30.9. The first kappa shape index (κ1) is 28.1. The molecule has 1 N–H and O–H groups in total. The van der Waals surface area contributed by atoms with Crippen molar-refractivity contribution >= 4 is 5.97 Å². The van der Waals surface area contributed by atoms with Crippen molar-refractivity contribution in [1.29, 1.82) is 0 Å². The molecule has 0 amide bonds. The Balaban J connectivity index is 1.25. The summed E-state index contributed by atoms with van der Waals surface area (Å²) in [5.74, 6) is 0.951. The van der Waals surface area contributed by atoms with Gasteiger partial charge in [-0.2, -0.15) is 0 Å². The van der Waals surface area contributed by atoms with Gasteiger partial charge in [0.2, 0.25) is 0 Å². The van der Waals surface area contributed by atoms with Gasteiger partial charge < -0.3 is 14.7 Å². The van der Waals surface area contributed by atoms with Crippen LogP contribution in [0.3, 0.4) is 0 Å². The summed E-state index contributed by atoms with van der Waals surface area (Å²) in [4.78, 5) is 16.9. The third-order valence-corrected chi connectivity index (χ3v) is 9.88. The van der Waals surface area contributed by atoms with E-state index in [1.54, 1.807) is 0 Å². The van der Waals surface area contributed by atoms with E-state index in [1.807, 2.05) is 0 Å². The maximum absolute atomic E-state index is 11.9. The molecular formula is C34H46N2O3. The Morgan fingerprint density at radius 1 is 1.00 bits per heavy atom. The average Bonchev–Trinajstić information content (AvgIpc) is 2.93. The number of esters is 1. The van der Waals surface area contributed by atoms with Crippen molar-refractivity contribution in [3.8, 4) is 0 Å². The minimum atomic E-state index is -0.811. The van der Waals surface area contributed by atoms with Crippen LogP contribution in [0.2, 0.25) is 0 Å². The van der Waals surface area contributed by atoms with E-state index in [1.165, 1.54) is 18.1 Å². The topological polar surface area (TPSA) is 53.0 Å². The Kier molecular flexibility index (Phi) is 8.60. The van der Waals surface area contributed by atoms with Crippen molar-refractivity contribution in [3.63, 3.8) is 0 Å². The van der Waals surface area contributed by atoms with Gasteiger partial charge in [0.25, 0.3) is 0 Å². The Bertz CT molecular complexity index is 1090. The first-order valence-corrected chi connectivity index (χ1v) is 14.9. The van der Waals surface area contributed by atoms with Gasteiger partial charge in [0, 0.05) is 52.0 Å². The molecular weight excluding hydrogens is 484 g/mol. The fourth-order valence-electron chi connectivity index (χ4n) is 7.63. The summed E-state index contributed by atoms with van der Waals surface area (Å²) >= 11 is 0. The van der Waals surface area contributed by atoms with Crippen LogP contribution in [0.4, 0.5) is 0 Å². The molecule has 2 aromatic carbocycles. The molecule has 1 unspecified atom stereocenters. The number of carbonyl (C=O) groups is 1. The molecule has 0 spiro atoms. The minimum absolute atomic E-state index is 0.116. The highest BCUT2D eigenvalue weighted by Gasteiger charge is 2.52. The molecule has 2 aliphatic carbocycles. The van der Waals surface area contributed by atoms with E-state index in [9.17, 15) is 9.90 Å². The Hall–Kier alpha value is -2.47. The Labute approximate surface area is 234 Å². The molecule has 2 fully saturated rings. The number of benzene rings is 2. The van der Waals surface area contributed by atoms with Crippen molar-refractivity contribution in [1.82, 2.24) is 9.80 Å². The molecule has 1 heterocycles. The second-order valence-electron chi connectivity index (χ2n) is 12.4. The van der Waals surface area contributed by atoms with Crippen molar-refractivity contribution in [3.05, 3.63) is 83.4 Å². The first-order valence-electron chi connectivity index (χ1n) is 14.9. The number of hydrogen-bond donors (Lipinski definition) is 1. The van der Waals surface area contributed by atoms with Crippen LogP contribution in [0.5, 0.6) is 0 Å². The van der Waals surface area contributed by atoms with E-state index in [2.05, 4.69) is 97.3 Å². The first-order chi connectivity index (χ1) is 18.8. The van der Waals surface area contributed by atoms with Crippen molar-refractivity contribution in [2.24, 2.45) is 23.7 Å². The molecule has 6 atom stereocenters. The monoisotopic (exact) mass is 530 g/mol. The Morgan fingerprint density at radius 2 is 1.59 bits per heavy atom. The lowest BCUT2D eigenvalue weighted by molar-refractivity contribution is -0.159. The van der Waals surface area contributed by atoms with Crippen LogP contribution in [-0.4, -0.2) is 65.3 Å². The fraction of sp³-hybridized carbons (Fsp3) is 0.559. The summed E-state index contributed by atoms with van der Waals surface area (Å²) in [6, 6.07) is 22.1. The molecule has 0 radical (unpaired) electrons. The van der Waals surface area contributed by atoms with Crippen LogP contribution < -0.4 is 0 Å². The third-order valence-electron chi connectivity index (χ3n) is 9.88. The zero-order valence-corrected chi connectivity index (χ0v) is 24.1. The van der Waals surface area contributed by atoms with Crippen LogP contribution in [0, 0.1) is 23.7 Å². The number of carbonyl (C=O) groups excluding carboxylic acids is 1. The van der Waals surface area contributed by atoms with Gasteiger partial charge in [-0.15, -0.1) is 0 Å². The number of ether oxygens (including phenoxy) is 1. The summed E-state index contributed by atoms with van der Waals surface area (Å²) in [7, 11) is 0. The number of aliphatic hydroxyl groups is 1. The Morgan fingerprint density at radius 3 is 2.15 bits per heavy atom. The molecule has 0 aromatic heterocycles. The van der Waals surface area contributed by atoms with E-state index in [0.29, 0.717) is 18.3 Å². The average molecular weight is 531 g/mol. The van der Waals surface area contributed by atoms with Crippen molar-refractivity contribution in [2.45, 2.75) is 64.7 Å². The molecule has 1 aliphatic heterocycles. The van der Waals surface area contributed by atoms with Crippen molar-refractivity contribution < 1.29 is 14.6 Å². The molecule has 1 saturated heterocycles. The third kappa shape index (κ3) is 6.01. The van der Waals surface area contributed by atoms with Gasteiger partial charge in [0.05, 0.1) is 11.6 Å². The number of fused-ring (bicyclic) bond motifs is 1. The van der Waals surface area contributed by atoms with Gasteiger partial charge >= 0.3 is 5.97 Å². The van der Waals surface area contributed by atoms with Gasteiger partial charge in [-0.3, -0.25) is 9.69 Å². The summed E-state index contributed by atoms with van der Waals surface area (Å²) in [6.07, 6.45) is 4.61. The van der Waals surface area contributed by atoms with Gasteiger partial charge in [-0.1, -0.05) is 80.6 Å². The number of piperazine rings is 1. The van der Waals surface area contributed by atoms with E-state index in [-0.39, 0.29) is 30.0 Å². The van der Waals surface area contributed by atoms with Gasteiger partial charge in [0.15, 0.2) is 0 Å². The quantitative estimate of drug-likeness (QED) is 0.367. The molecule has 0 bridgehead atoms. The number of nitrogens with zero attached hydrogens (tertiary/aromatic N) is 2. The molecule has 5 rings (SSSR count). The summed E-state index contributed by atoms with van der Waals surface area (Å²) < 4.78 is 5.60. The van der Waals surface area contributed by atoms with E-state index >= 15 is 0 Å². The second kappa shape index (κ2) is 12.0.